The van der Waals surface area contributed by atoms with Crippen molar-refractivity contribution in [2.75, 3.05) is 13.2 Å². The van der Waals surface area contributed by atoms with Crippen molar-refractivity contribution in [3.63, 3.8) is 0 Å². The molecule has 0 rings (SSSR count). The molecule has 0 amide bonds. The third-order valence-electron chi connectivity index (χ3n) is 1.60. The Bertz CT molecular complexity index is 91.8. The Morgan fingerprint density at radius 1 is 1.00 bits per heavy atom. The van der Waals surface area contributed by atoms with Crippen LogP contribution in [-0.4, -0.2) is 19.5 Å². The molecule has 0 heterocycles. The summed E-state index contributed by atoms with van der Waals surface area (Å²) in [5.74, 6) is 0.711. The maximum absolute atomic E-state index is 5.43. The highest BCUT2D eigenvalue weighted by atomic mass is 16.7. The second-order valence-electron chi connectivity index (χ2n) is 3.49. The molecule has 0 saturated heterocycles. The lowest BCUT2D eigenvalue weighted by Gasteiger charge is -2.14. The normalized spacial score (nSPS) is 13.8. The van der Waals surface area contributed by atoms with Crippen molar-refractivity contribution in [1.29, 1.82) is 0 Å². The van der Waals surface area contributed by atoms with Gasteiger partial charge in [0.25, 0.3) is 0 Å². The number of ether oxygens (including phenoxy) is 2. The summed E-state index contributed by atoms with van der Waals surface area (Å²) in [5, 5.41) is 0. The lowest BCUT2D eigenvalue weighted by Crippen LogP contribution is -2.15. The van der Waals surface area contributed by atoms with Crippen LogP contribution in [0.25, 0.3) is 0 Å². The van der Waals surface area contributed by atoms with Crippen molar-refractivity contribution in [3.05, 3.63) is 0 Å². The first-order valence-electron chi connectivity index (χ1n) is 4.90. The molecule has 2 nitrogen and oxygen atoms in total. The van der Waals surface area contributed by atoms with E-state index in [4.69, 9.17) is 9.47 Å². The molecule has 0 bridgehead atoms. The Hall–Kier alpha value is -0.0800. The van der Waals surface area contributed by atoms with Gasteiger partial charge in [-0.2, -0.15) is 0 Å². The maximum Gasteiger partial charge on any atom is 0.154 e. The third kappa shape index (κ3) is 8.02. The molecule has 0 aromatic heterocycles. The van der Waals surface area contributed by atoms with Crippen LogP contribution in [0.1, 0.15) is 40.5 Å². The van der Waals surface area contributed by atoms with Crippen molar-refractivity contribution in [2.24, 2.45) is 5.92 Å². The maximum atomic E-state index is 5.43. The second kappa shape index (κ2) is 7.56. The summed E-state index contributed by atoms with van der Waals surface area (Å²) in [7, 11) is 0. The van der Waals surface area contributed by atoms with E-state index in [-0.39, 0.29) is 6.29 Å². The Kier molecular flexibility index (Phi) is 7.51. The average molecular weight is 174 g/mol. The Morgan fingerprint density at radius 2 is 1.58 bits per heavy atom. The van der Waals surface area contributed by atoms with Gasteiger partial charge in [-0.3, -0.25) is 0 Å². The van der Waals surface area contributed by atoms with Gasteiger partial charge in [-0.15, -0.1) is 0 Å². The van der Waals surface area contributed by atoms with E-state index >= 15 is 0 Å². The molecule has 0 saturated carbocycles. The van der Waals surface area contributed by atoms with Crippen LogP contribution in [0.15, 0.2) is 0 Å². The first-order chi connectivity index (χ1) is 5.66. The highest BCUT2D eigenvalue weighted by molar-refractivity contribution is 4.43. The second-order valence-corrected chi connectivity index (χ2v) is 3.49. The zero-order chi connectivity index (χ0) is 9.40. The molecule has 1 unspecified atom stereocenters. The average Bonchev–Trinajstić information content (AvgIpc) is 2.00. The minimum Gasteiger partial charge on any atom is -0.353 e. The van der Waals surface area contributed by atoms with Gasteiger partial charge in [-0.05, 0) is 25.7 Å². The first kappa shape index (κ1) is 11.9. The molecule has 1 atom stereocenters. The molecule has 0 aromatic carbocycles. The lowest BCUT2D eigenvalue weighted by atomic mass is 10.1. The van der Waals surface area contributed by atoms with Crippen LogP contribution in [0, 0.1) is 5.92 Å². The molecular formula is C10H22O2. The van der Waals surface area contributed by atoms with Crippen LogP contribution in [0.3, 0.4) is 0 Å². The van der Waals surface area contributed by atoms with Gasteiger partial charge in [0, 0.05) is 13.2 Å². The van der Waals surface area contributed by atoms with Crippen LogP contribution in [0.5, 0.6) is 0 Å². The topological polar surface area (TPSA) is 18.5 Å². The summed E-state index contributed by atoms with van der Waals surface area (Å²) in [6.45, 7) is 10.0. The molecule has 0 aliphatic heterocycles. The zero-order valence-electron chi connectivity index (χ0n) is 8.80. The van der Waals surface area contributed by atoms with Crippen LogP contribution in [-0.2, 0) is 9.47 Å². The monoisotopic (exact) mass is 174 g/mol. The number of hydrogen-bond acceptors (Lipinski definition) is 2. The van der Waals surface area contributed by atoms with Gasteiger partial charge in [-0.25, -0.2) is 0 Å². The fraction of sp³-hybridized carbons (Fsp3) is 1.00. The van der Waals surface area contributed by atoms with Crippen molar-refractivity contribution in [1.82, 2.24) is 0 Å². The summed E-state index contributed by atoms with van der Waals surface area (Å²) < 4.78 is 10.8. The highest BCUT2D eigenvalue weighted by Crippen LogP contribution is 2.02. The summed E-state index contributed by atoms with van der Waals surface area (Å²) in [6, 6.07) is 0. The van der Waals surface area contributed by atoms with Gasteiger partial charge in [0.15, 0.2) is 6.29 Å². The van der Waals surface area contributed by atoms with Crippen molar-refractivity contribution in [3.8, 4) is 0 Å². The lowest BCUT2D eigenvalue weighted by molar-refractivity contribution is -0.132. The van der Waals surface area contributed by atoms with E-state index in [1.807, 2.05) is 6.92 Å². The smallest absolute Gasteiger partial charge is 0.154 e. The van der Waals surface area contributed by atoms with Crippen LogP contribution in [0.4, 0.5) is 0 Å². The van der Waals surface area contributed by atoms with Crippen LogP contribution in [0.2, 0.25) is 0 Å². The molecule has 0 aliphatic rings. The van der Waals surface area contributed by atoms with Gasteiger partial charge in [0.2, 0.25) is 0 Å². The summed E-state index contributed by atoms with van der Waals surface area (Å²) in [4.78, 5) is 0. The Labute approximate surface area is 76.3 Å². The predicted molar refractivity (Wildman–Crippen MR) is 51.1 cm³/mol. The molecule has 0 radical (unpaired) electrons. The number of hydrogen-bond donors (Lipinski definition) is 0. The third-order valence-corrected chi connectivity index (χ3v) is 1.60. The Balaban J connectivity index is 3.13. The quantitative estimate of drug-likeness (QED) is 0.552. The van der Waals surface area contributed by atoms with Gasteiger partial charge in [0.05, 0.1) is 0 Å². The molecule has 2 heteroatoms. The van der Waals surface area contributed by atoms with E-state index in [1.165, 1.54) is 0 Å². The number of rotatable bonds is 7. The molecule has 0 fully saturated rings. The minimum absolute atomic E-state index is 0.0382. The molecular weight excluding hydrogens is 152 g/mol. The van der Waals surface area contributed by atoms with E-state index in [1.54, 1.807) is 0 Å². The molecule has 74 valence electrons. The molecule has 0 spiro atoms. The molecule has 0 aliphatic carbocycles. The Morgan fingerprint density at radius 3 is 2.08 bits per heavy atom. The standard InChI is InChI=1S/C10H22O2/c1-5-7-11-10(4)12-8-6-9(2)3/h9-10H,5-8H2,1-4H3. The van der Waals surface area contributed by atoms with Gasteiger partial charge >= 0.3 is 0 Å². The van der Waals surface area contributed by atoms with E-state index < -0.39 is 0 Å². The SMILES string of the molecule is CCCOC(C)OCCC(C)C. The van der Waals surface area contributed by atoms with E-state index in [0.29, 0.717) is 5.92 Å². The fourth-order valence-electron chi connectivity index (χ4n) is 0.802. The van der Waals surface area contributed by atoms with Crippen LogP contribution < -0.4 is 0 Å². The minimum atomic E-state index is -0.0382. The zero-order valence-corrected chi connectivity index (χ0v) is 8.80. The molecule has 12 heavy (non-hydrogen) atoms. The van der Waals surface area contributed by atoms with Gasteiger partial charge in [-0.1, -0.05) is 20.8 Å². The summed E-state index contributed by atoms with van der Waals surface area (Å²) in [6.07, 6.45) is 2.13. The highest BCUT2D eigenvalue weighted by Gasteiger charge is 2.01. The summed E-state index contributed by atoms with van der Waals surface area (Å²) in [5.41, 5.74) is 0. The van der Waals surface area contributed by atoms with Crippen LogP contribution >= 0.6 is 0 Å². The van der Waals surface area contributed by atoms with Crippen molar-refractivity contribution < 1.29 is 9.47 Å². The molecule has 0 aromatic rings. The van der Waals surface area contributed by atoms with Gasteiger partial charge < -0.3 is 9.47 Å². The summed E-state index contributed by atoms with van der Waals surface area (Å²) >= 11 is 0. The van der Waals surface area contributed by atoms with Crippen molar-refractivity contribution in [2.45, 2.75) is 46.8 Å². The predicted octanol–water partition coefficient (Wildman–Crippen LogP) is 2.82. The van der Waals surface area contributed by atoms with E-state index in [0.717, 1.165) is 26.1 Å². The van der Waals surface area contributed by atoms with Gasteiger partial charge in [0.1, 0.15) is 0 Å². The van der Waals surface area contributed by atoms with Crippen molar-refractivity contribution >= 4 is 0 Å². The van der Waals surface area contributed by atoms with E-state index in [9.17, 15) is 0 Å². The largest absolute Gasteiger partial charge is 0.353 e. The fourth-order valence-corrected chi connectivity index (χ4v) is 0.802. The first-order valence-corrected chi connectivity index (χ1v) is 4.90. The van der Waals surface area contributed by atoms with E-state index in [2.05, 4.69) is 20.8 Å². The molecule has 0 N–H and O–H groups in total.